The summed E-state index contributed by atoms with van der Waals surface area (Å²) in [6, 6.07) is 0. The fourth-order valence-electron chi connectivity index (χ4n) is 4.46. The zero-order chi connectivity index (χ0) is 32.8. The van der Waals surface area contributed by atoms with Crippen molar-refractivity contribution in [3.05, 3.63) is 24.3 Å². The third kappa shape index (κ3) is 32.4. The molecule has 8 nitrogen and oxygen atoms in total. The van der Waals surface area contributed by atoms with Gasteiger partial charge in [0.1, 0.15) is 19.3 Å². The van der Waals surface area contributed by atoms with Gasteiger partial charge in [0.15, 0.2) is 0 Å². The minimum absolute atomic E-state index is 0.0240. The van der Waals surface area contributed by atoms with E-state index in [2.05, 4.69) is 38.2 Å². The van der Waals surface area contributed by atoms with Gasteiger partial charge in [-0.05, 0) is 44.9 Å². The zero-order valence-corrected chi connectivity index (χ0v) is 30.0. The van der Waals surface area contributed by atoms with Crippen LogP contribution >= 0.6 is 7.82 Å². The Labute approximate surface area is 271 Å². The molecule has 0 aliphatic heterocycles. The standard InChI is InChI=1S/C35H68NO7P/c1-6-8-10-12-14-15-16-17-18-19-20-21-22-23-24-26-28-35(37)43-34(32-40-30-27-25-13-11-9-7-2)33-42-44(38,39)41-31-29-36(3,4)5/h15-16,18-19,34H,6-14,17,20-33H2,1-5H3/b16-15-,19-18-. The minimum atomic E-state index is -4.51. The molecule has 2 unspecified atom stereocenters. The molecule has 0 aromatic carbocycles. The van der Waals surface area contributed by atoms with E-state index in [0.717, 1.165) is 57.8 Å². The minimum Gasteiger partial charge on any atom is -0.756 e. The van der Waals surface area contributed by atoms with Crippen molar-refractivity contribution in [2.75, 3.05) is 54.1 Å². The van der Waals surface area contributed by atoms with E-state index in [1.807, 2.05) is 21.1 Å². The molecule has 0 rings (SSSR count). The summed E-state index contributed by atoms with van der Waals surface area (Å²) in [7, 11) is 1.34. The number of unbranched alkanes of at least 4 members (excludes halogenated alkanes) is 14. The van der Waals surface area contributed by atoms with Crippen molar-refractivity contribution in [2.45, 2.75) is 142 Å². The van der Waals surface area contributed by atoms with Crippen LogP contribution in [0, 0.1) is 0 Å². The summed E-state index contributed by atoms with van der Waals surface area (Å²) in [5.41, 5.74) is 0. The highest BCUT2D eigenvalue weighted by atomic mass is 31.2. The lowest BCUT2D eigenvalue weighted by molar-refractivity contribution is -0.870. The van der Waals surface area contributed by atoms with E-state index < -0.39 is 13.9 Å². The average molecular weight is 646 g/mol. The number of esters is 1. The third-order valence-corrected chi connectivity index (χ3v) is 8.22. The number of carbonyl (C=O) groups is 1. The van der Waals surface area contributed by atoms with E-state index in [0.29, 0.717) is 24.1 Å². The molecular weight excluding hydrogens is 577 g/mol. The summed E-state index contributed by atoms with van der Waals surface area (Å²) < 4.78 is 34.2. The summed E-state index contributed by atoms with van der Waals surface area (Å²) in [6.45, 7) is 5.31. The summed E-state index contributed by atoms with van der Waals surface area (Å²) in [5, 5.41) is 0. The van der Waals surface area contributed by atoms with Gasteiger partial charge >= 0.3 is 5.97 Å². The van der Waals surface area contributed by atoms with Crippen LogP contribution in [-0.4, -0.2) is 70.7 Å². The van der Waals surface area contributed by atoms with Crippen molar-refractivity contribution in [1.29, 1.82) is 0 Å². The highest BCUT2D eigenvalue weighted by Gasteiger charge is 2.20. The Morgan fingerprint density at radius 2 is 1.25 bits per heavy atom. The maximum Gasteiger partial charge on any atom is 0.306 e. The van der Waals surface area contributed by atoms with E-state index >= 15 is 0 Å². The number of hydrogen-bond donors (Lipinski definition) is 0. The van der Waals surface area contributed by atoms with Crippen LogP contribution in [0.5, 0.6) is 0 Å². The average Bonchev–Trinajstić information content (AvgIpc) is 2.96. The van der Waals surface area contributed by atoms with Gasteiger partial charge in [-0.15, -0.1) is 0 Å². The first-order valence-corrected chi connectivity index (χ1v) is 19.0. The smallest absolute Gasteiger partial charge is 0.306 e. The molecule has 0 saturated carbocycles. The van der Waals surface area contributed by atoms with Crippen LogP contribution in [0.15, 0.2) is 24.3 Å². The van der Waals surface area contributed by atoms with Crippen molar-refractivity contribution in [2.24, 2.45) is 0 Å². The van der Waals surface area contributed by atoms with E-state index in [4.69, 9.17) is 18.5 Å². The predicted octanol–water partition coefficient (Wildman–Crippen LogP) is 8.69. The highest BCUT2D eigenvalue weighted by Crippen LogP contribution is 2.38. The number of likely N-dealkylation sites (N-methyl/N-ethyl adjacent to an activating group) is 1. The summed E-state index contributed by atoms with van der Waals surface area (Å²) >= 11 is 0. The van der Waals surface area contributed by atoms with Gasteiger partial charge in [0.2, 0.25) is 0 Å². The number of nitrogens with zero attached hydrogens (tertiary/aromatic N) is 1. The summed E-state index contributed by atoms with van der Waals surface area (Å²) in [4.78, 5) is 24.7. The topological polar surface area (TPSA) is 94.1 Å². The van der Waals surface area contributed by atoms with Gasteiger partial charge in [0.05, 0.1) is 34.4 Å². The molecule has 0 amide bonds. The van der Waals surface area contributed by atoms with Crippen molar-refractivity contribution < 1.29 is 37.3 Å². The van der Waals surface area contributed by atoms with Crippen molar-refractivity contribution in [3.63, 3.8) is 0 Å². The van der Waals surface area contributed by atoms with E-state index in [1.54, 1.807) is 0 Å². The zero-order valence-electron chi connectivity index (χ0n) is 29.1. The van der Waals surface area contributed by atoms with Crippen LogP contribution in [-0.2, 0) is 27.9 Å². The lowest BCUT2D eigenvalue weighted by atomic mass is 10.1. The fraction of sp³-hybridized carbons (Fsp3) is 0.857. The molecule has 9 heteroatoms. The molecular formula is C35H68NO7P. The van der Waals surface area contributed by atoms with Crippen molar-refractivity contribution in [1.82, 2.24) is 0 Å². The second-order valence-corrected chi connectivity index (χ2v) is 14.3. The lowest BCUT2D eigenvalue weighted by Gasteiger charge is -2.28. The molecule has 44 heavy (non-hydrogen) atoms. The van der Waals surface area contributed by atoms with E-state index in [9.17, 15) is 14.3 Å². The Hall–Kier alpha value is -1.02. The van der Waals surface area contributed by atoms with Crippen LogP contribution in [0.2, 0.25) is 0 Å². The predicted molar refractivity (Wildman–Crippen MR) is 180 cm³/mol. The normalized spacial score (nSPS) is 14.4. The first kappa shape index (κ1) is 43.0. The van der Waals surface area contributed by atoms with Gasteiger partial charge < -0.3 is 27.9 Å². The number of carbonyl (C=O) groups excluding carboxylic acids is 1. The van der Waals surface area contributed by atoms with Crippen LogP contribution in [0.3, 0.4) is 0 Å². The number of quaternary nitrogens is 1. The molecule has 0 aromatic rings. The molecule has 260 valence electrons. The maximum absolute atomic E-state index is 12.5. The first-order valence-electron chi connectivity index (χ1n) is 17.6. The van der Waals surface area contributed by atoms with Crippen LogP contribution in [0.4, 0.5) is 0 Å². The summed E-state index contributed by atoms with van der Waals surface area (Å²) in [5.74, 6) is -0.352. The number of ether oxygens (including phenoxy) is 2. The largest absolute Gasteiger partial charge is 0.756 e. The SMILES string of the molecule is CCCCCC/C=C\C/C=C\CCCCCCCC(=O)OC(COCCCCCCCC)COP(=O)([O-])OCC[N+](C)(C)C. The monoisotopic (exact) mass is 645 g/mol. The van der Waals surface area contributed by atoms with Crippen LogP contribution in [0.1, 0.15) is 136 Å². The van der Waals surface area contributed by atoms with E-state index in [-0.39, 0.29) is 25.8 Å². The second kappa shape index (κ2) is 29.4. The number of allylic oxidation sites excluding steroid dienone is 4. The first-order chi connectivity index (χ1) is 21.1. The van der Waals surface area contributed by atoms with Gasteiger partial charge in [-0.1, -0.05) is 109 Å². The van der Waals surface area contributed by atoms with Crippen LogP contribution < -0.4 is 4.89 Å². The van der Waals surface area contributed by atoms with Gasteiger partial charge in [-0.3, -0.25) is 9.36 Å². The molecule has 0 heterocycles. The number of phosphoric ester groups is 1. The Morgan fingerprint density at radius 3 is 1.86 bits per heavy atom. The lowest BCUT2D eigenvalue weighted by Crippen LogP contribution is -2.37. The molecule has 0 aliphatic carbocycles. The Balaban J connectivity index is 4.27. The fourth-order valence-corrected chi connectivity index (χ4v) is 5.18. The van der Waals surface area contributed by atoms with Crippen LogP contribution in [0.25, 0.3) is 0 Å². The second-order valence-electron chi connectivity index (χ2n) is 12.9. The molecule has 0 saturated heterocycles. The quantitative estimate of drug-likeness (QED) is 0.0238. The molecule has 0 radical (unpaired) electrons. The van der Waals surface area contributed by atoms with Gasteiger partial charge in [0.25, 0.3) is 7.82 Å². The molecule has 0 aliphatic rings. The molecule has 0 bridgehead atoms. The number of hydrogen-bond acceptors (Lipinski definition) is 7. The molecule has 0 aromatic heterocycles. The van der Waals surface area contributed by atoms with Gasteiger partial charge in [0, 0.05) is 13.0 Å². The Bertz CT molecular complexity index is 767. The molecule has 0 fully saturated rings. The molecule has 0 spiro atoms. The molecule has 0 N–H and O–H groups in total. The number of phosphoric acid groups is 1. The van der Waals surface area contributed by atoms with Gasteiger partial charge in [-0.2, -0.15) is 0 Å². The van der Waals surface area contributed by atoms with Crippen molar-refractivity contribution >= 4 is 13.8 Å². The van der Waals surface area contributed by atoms with Crippen molar-refractivity contribution in [3.8, 4) is 0 Å². The Morgan fingerprint density at radius 1 is 0.705 bits per heavy atom. The highest BCUT2D eigenvalue weighted by molar-refractivity contribution is 7.45. The Kier molecular flexibility index (Phi) is 28.7. The third-order valence-electron chi connectivity index (χ3n) is 7.26. The number of rotatable bonds is 32. The summed E-state index contributed by atoms with van der Waals surface area (Å²) in [6.07, 6.45) is 29.1. The maximum atomic E-state index is 12.5. The van der Waals surface area contributed by atoms with Gasteiger partial charge in [-0.25, -0.2) is 0 Å². The molecule has 2 atom stereocenters. The van der Waals surface area contributed by atoms with E-state index in [1.165, 1.54) is 57.8 Å².